The molecule has 0 spiro atoms. The molecule has 2 aromatic rings. The van der Waals surface area contributed by atoms with Gasteiger partial charge in [0.15, 0.2) is 5.76 Å². The highest BCUT2D eigenvalue weighted by Crippen LogP contribution is 2.33. The molecule has 0 aliphatic carbocycles. The van der Waals surface area contributed by atoms with E-state index in [1.165, 1.54) is 0 Å². The van der Waals surface area contributed by atoms with Crippen molar-refractivity contribution < 1.29 is 9.15 Å². The zero-order valence-electron chi connectivity index (χ0n) is 7.86. The number of para-hydroxylation sites is 1. The molecule has 0 aliphatic heterocycles. The van der Waals surface area contributed by atoms with E-state index in [0.717, 1.165) is 11.3 Å². The number of nitrogen functional groups attached to an aromatic ring is 1. The molecule has 0 aliphatic rings. The van der Waals surface area contributed by atoms with E-state index in [4.69, 9.17) is 14.9 Å². The normalized spacial score (nSPS) is 10.1. The fraction of sp³-hybridized carbons (Fsp3) is 0.0909. The van der Waals surface area contributed by atoms with Crippen molar-refractivity contribution in [2.24, 2.45) is 0 Å². The minimum absolute atomic E-state index is 0.620. The topological polar surface area (TPSA) is 48.4 Å². The van der Waals surface area contributed by atoms with E-state index >= 15 is 0 Å². The summed E-state index contributed by atoms with van der Waals surface area (Å²) in [5.41, 5.74) is 7.24. The first-order valence-corrected chi connectivity index (χ1v) is 4.29. The summed E-state index contributed by atoms with van der Waals surface area (Å²) in [6.45, 7) is 0. The maximum atomic E-state index is 5.75. The second kappa shape index (κ2) is 3.46. The van der Waals surface area contributed by atoms with Crippen molar-refractivity contribution in [2.75, 3.05) is 12.8 Å². The van der Waals surface area contributed by atoms with Crippen molar-refractivity contribution in [2.45, 2.75) is 0 Å². The van der Waals surface area contributed by atoms with Gasteiger partial charge in [0.2, 0.25) is 0 Å². The van der Waals surface area contributed by atoms with Crippen LogP contribution in [0.4, 0.5) is 5.69 Å². The van der Waals surface area contributed by atoms with Gasteiger partial charge in [-0.2, -0.15) is 0 Å². The summed E-state index contributed by atoms with van der Waals surface area (Å²) in [5, 5.41) is 0. The highest BCUT2D eigenvalue weighted by molar-refractivity contribution is 5.75. The number of nitrogens with two attached hydrogens (primary N) is 1. The average molecular weight is 189 g/mol. The molecule has 0 saturated heterocycles. The van der Waals surface area contributed by atoms with Gasteiger partial charge in [0.05, 0.1) is 24.6 Å². The first-order chi connectivity index (χ1) is 6.83. The maximum Gasteiger partial charge on any atom is 0.160 e. The summed E-state index contributed by atoms with van der Waals surface area (Å²) < 4.78 is 10.5. The van der Waals surface area contributed by atoms with Gasteiger partial charge < -0.3 is 14.9 Å². The number of furan rings is 1. The molecule has 1 heterocycles. The molecule has 1 aromatic carbocycles. The summed E-state index contributed by atoms with van der Waals surface area (Å²) >= 11 is 0. The van der Waals surface area contributed by atoms with Gasteiger partial charge in [-0.15, -0.1) is 0 Å². The van der Waals surface area contributed by atoms with Gasteiger partial charge in [0.25, 0.3) is 0 Å². The lowest BCUT2D eigenvalue weighted by Gasteiger charge is -2.05. The Hall–Kier alpha value is -1.90. The molecular weight excluding hydrogens is 178 g/mol. The van der Waals surface area contributed by atoms with Crippen molar-refractivity contribution >= 4 is 5.69 Å². The lowest BCUT2D eigenvalue weighted by molar-refractivity contribution is 0.414. The summed E-state index contributed by atoms with van der Waals surface area (Å²) in [6.07, 6.45) is 1.57. The quantitative estimate of drug-likeness (QED) is 0.789. The maximum absolute atomic E-state index is 5.75. The first kappa shape index (κ1) is 8.69. The van der Waals surface area contributed by atoms with Crippen LogP contribution in [0.15, 0.2) is 41.0 Å². The molecule has 3 nitrogen and oxygen atoms in total. The van der Waals surface area contributed by atoms with Crippen LogP contribution in [0.25, 0.3) is 11.3 Å². The Bertz CT molecular complexity index is 434. The molecule has 2 N–H and O–H groups in total. The zero-order chi connectivity index (χ0) is 9.97. The molecule has 3 heteroatoms. The average Bonchev–Trinajstić information content (AvgIpc) is 2.64. The van der Waals surface area contributed by atoms with Crippen LogP contribution < -0.4 is 10.5 Å². The molecular formula is C11H11NO2. The largest absolute Gasteiger partial charge is 0.496 e. The minimum atomic E-state index is 0.620. The number of hydrogen-bond donors (Lipinski definition) is 1. The highest BCUT2D eigenvalue weighted by Gasteiger charge is 2.10. The van der Waals surface area contributed by atoms with Crippen LogP contribution in [-0.4, -0.2) is 7.11 Å². The number of ether oxygens (including phenoxy) is 1. The standard InChI is InChI=1S/C11H11NO2/c1-13-10-5-3-2-4-8(10)11-9(12)6-7-14-11/h2-7H,12H2,1H3. The molecule has 0 atom stereocenters. The molecule has 14 heavy (non-hydrogen) atoms. The summed E-state index contributed by atoms with van der Waals surface area (Å²) in [6, 6.07) is 9.33. The van der Waals surface area contributed by atoms with Crippen molar-refractivity contribution in [3.63, 3.8) is 0 Å². The lowest BCUT2D eigenvalue weighted by Crippen LogP contribution is -1.89. The van der Waals surface area contributed by atoms with Crippen LogP contribution in [0.5, 0.6) is 5.75 Å². The second-order valence-corrected chi connectivity index (χ2v) is 2.91. The molecule has 0 radical (unpaired) electrons. The van der Waals surface area contributed by atoms with Gasteiger partial charge in [-0.1, -0.05) is 12.1 Å². The third-order valence-corrected chi connectivity index (χ3v) is 2.05. The summed E-state index contributed by atoms with van der Waals surface area (Å²) in [4.78, 5) is 0. The van der Waals surface area contributed by atoms with E-state index in [1.54, 1.807) is 19.4 Å². The molecule has 0 fully saturated rings. The Labute approximate surface area is 82.1 Å². The van der Waals surface area contributed by atoms with Crippen molar-refractivity contribution in [3.8, 4) is 17.1 Å². The molecule has 2 rings (SSSR count). The van der Waals surface area contributed by atoms with Gasteiger partial charge in [-0.3, -0.25) is 0 Å². The molecule has 0 saturated carbocycles. The fourth-order valence-corrected chi connectivity index (χ4v) is 1.37. The van der Waals surface area contributed by atoms with E-state index in [2.05, 4.69) is 0 Å². The minimum Gasteiger partial charge on any atom is -0.496 e. The Kier molecular flexibility index (Phi) is 2.14. The van der Waals surface area contributed by atoms with Gasteiger partial charge in [-0.25, -0.2) is 0 Å². The number of rotatable bonds is 2. The van der Waals surface area contributed by atoms with Crippen LogP contribution >= 0.6 is 0 Å². The molecule has 1 aromatic heterocycles. The molecule has 0 bridgehead atoms. The van der Waals surface area contributed by atoms with Gasteiger partial charge in [-0.05, 0) is 12.1 Å². The molecule has 72 valence electrons. The third kappa shape index (κ3) is 1.33. The van der Waals surface area contributed by atoms with E-state index in [-0.39, 0.29) is 0 Å². The molecule has 0 unspecified atom stereocenters. The van der Waals surface area contributed by atoms with E-state index in [9.17, 15) is 0 Å². The van der Waals surface area contributed by atoms with Crippen molar-refractivity contribution in [1.29, 1.82) is 0 Å². The third-order valence-electron chi connectivity index (χ3n) is 2.05. The van der Waals surface area contributed by atoms with E-state index in [0.29, 0.717) is 11.4 Å². The Morgan fingerprint density at radius 3 is 2.64 bits per heavy atom. The van der Waals surface area contributed by atoms with Gasteiger partial charge in [0.1, 0.15) is 5.75 Å². The van der Waals surface area contributed by atoms with Crippen LogP contribution in [0.3, 0.4) is 0 Å². The number of hydrogen-bond acceptors (Lipinski definition) is 3. The van der Waals surface area contributed by atoms with Crippen LogP contribution in [0, 0.1) is 0 Å². The van der Waals surface area contributed by atoms with Crippen molar-refractivity contribution in [1.82, 2.24) is 0 Å². The van der Waals surface area contributed by atoms with Crippen molar-refractivity contribution in [3.05, 3.63) is 36.6 Å². The van der Waals surface area contributed by atoms with Crippen LogP contribution in [-0.2, 0) is 0 Å². The van der Waals surface area contributed by atoms with Gasteiger partial charge in [0, 0.05) is 6.07 Å². The smallest absolute Gasteiger partial charge is 0.160 e. The number of benzene rings is 1. The SMILES string of the molecule is COc1ccccc1-c1occc1N. The molecule has 0 amide bonds. The zero-order valence-corrected chi connectivity index (χ0v) is 7.86. The summed E-state index contributed by atoms with van der Waals surface area (Å²) in [7, 11) is 1.62. The predicted octanol–water partition coefficient (Wildman–Crippen LogP) is 2.54. The monoisotopic (exact) mass is 189 g/mol. The second-order valence-electron chi connectivity index (χ2n) is 2.91. The Morgan fingerprint density at radius 2 is 2.00 bits per heavy atom. The summed E-state index contributed by atoms with van der Waals surface area (Å²) in [5.74, 6) is 1.41. The van der Waals surface area contributed by atoms with Crippen LogP contribution in [0.2, 0.25) is 0 Å². The Balaban J connectivity index is 2.56. The van der Waals surface area contributed by atoms with E-state index < -0.39 is 0 Å². The lowest BCUT2D eigenvalue weighted by atomic mass is 10.1. The fourth-order valence-electron chi connectivity index (χ4n) is 1.37. The van der Waals surface area contributed by atoms with Crippen LogP contribution in [0.1, 0.15) is 0 Å². The van der Waals surface area contributed by atoms with Gasteiger partial charge >= 0.3 is 0 Å². The highest BCUT2D eigenvalue weighted by atomic mass is 16.5. The Morgan fingerprint density at radius 1 is 1.21 bits per heavy atom. The first-order valence-electron chi connectivity index (χ1n) is 4.29. The van der Waals surface area contributed by atoms with E-state index in [1.807, 2.05) is 24.3 Å². The predicted molar refractivity (Wildman–Crippen MR) is 55.1 cm³/mol. The number of anilines is 1. The number of methoxy groups -OCH3 is 1.